The Kier molecular flexibility index (Phi) is 11.7. The summed E-state index contributed by atoms with van der Waals surface area (Å²) >= 11 is 0. The van der Waals surface area contributed by atoms with Gasteiger partial charge in [-0.3, -0.25) is 19.1 Å². The van der Waals surface area contributed by atoms with Gasteiger partial charge in [-0.2, -0.15) is 0 Å². The van der Waals surface area contributed by atoms with Gasteiger partial charge in [0.2, 0.25) is 27.7 Å². The number of fused-ring (bicyclic) bond motifs is 3. The van der Waals surface area contributed by atoms with E-state index in [0.717, 1.165) is 6.42 Å². The van der Waals surface area contributed by atoms with Crippen LogP contribution in [0.4, 0.5) is 9.18 Å². The lowest BCUT2D eigenvalue weighted by atomic mass is 9.85. The number of halogens is 1. The van der Waals surface area contributed by atoms with Crippen molar-refractivity contribution >= 4 is 44.5 Å². The number of hydrogen-bond donors (Lipinski definition) is 3. The number of rotatable bonds is 8. The molecule has 2 saturated heterocycles. The molecule has 0 spiro atoms. The number of nitrogens with zero attached hydrogens (tertiary/aromatic N) is 4. The minimum absolute atomic E-state index is 0.0187. The second-order valence-electron chi connectivity index (χ2n) is 17.2. The minimum Gasteiger partial charge on any atom is -0.494 e. The Morgan fingerprint density at radius 1 is 1.12 bits per heavy atom. The van der Waals surface area contributed by atoms with Crippen LogP contribution in [0, 0.1) is 23.6 Å². The molecule has 2 saturated carbocycles. The zero-order valence-corrected chi connectivity index (χ0v) is 34.8. The molecule has 3 N–H and O–H groups in total. The topological polar surface area (TPSA) is 180 Å². The predicted octanol–water partition coefficient (Wildman–Crippen LogP) is 3.33. The Labute approximate surface area is 339 Å². The lowest BCUT2D eigenvalue weighted by Gasteiger charge is -2.37. The highest BCUT2D eigenvalue weighted by molar-refractivity contribution is 7.91. The molecule has 5 aliphatic rings. The summed E-state index contributed by atoms with van der Waals surface area (Å²) in [6, 6.07) is 1.98. The molecule has 7 atom stereocenters. The number of allylic oxidation sites excluding steroid dienone is 1. The number of aromatic nitrogens is 1. The second-order valence-corrected chi connectivity index (χ2v) is 19.4. The fourth-order valence-electron chi connectivity index (χ4n) is 8.60. The number of benzene rings is 1. The van der Waals surface area contributed by atoms with Gasteiger partial charge in [-0.15, -0.1) is 0 Å². The van der Waals surface area contributed by atoms with Gasteiger partial charge in [0.05, 0.1) is 18.4 Å². The van der Waals surface area contributed by atoms with Crippen molar-refractivity contribution in [3.05, 3.63) is 42.4 Å². The number of piperazine rings is 1. The number of amides is 5. The number of methoxy groups -OCH3 is 1. The first-order chi connectivity index (χ1) is 27.6. The average molecular weight is 826 g/mol. The van der Waals surface area contributed by atoms with Crippen LogP contribution in [0.3, 0.4) is 0 Å². The lowest BCUT2D eigenvalue weighted by molar-refractivity contribution is -0.142. The van der Waals surface area contributed by atoms with Crippen LogP contribution in [0.15, 0.2) is 36.5 Å². The van der Waals surface area contributed by atoms with Gasteiger partial charge in [-0.25, -0.2) is 22.6 Å². The second kappa shape index (κ2) is 16.3. The number of carbonyl (C=O) groups is 4. The van der Waals surface area contributed by atoms with Crippen molar-refractivity contribution in [1.82, 2.24) is 35.0 Å². The van der Waals surface area contributed by atoms with Crippen molar-refractivity contribution in [2.45, 2.75) is 101 Å². The fourth-order valence-corrected chi connectivity index (χ4v) is 9.92. The van der Waals surface area contributed by atoms with Crippen molar-refractivity contribution in [2.24, 2.45) is 17.8 Å². The first kappa shape index (κ1) is 41.6. The molecule has 1 aromatic carbocycles. The van der Waals surface area contributed by atoms with Crippen molar-refractivity contribution in [1.29, 1.82) is 0 Å². The van der Waals surface area contributed by atoms with Crippen LogP contribution >= 0.6 is 0 Å². The maximum absolute atomic E-state index is 15.1. The van der Waals surface area contributed by atoms with E-state index in [-0.39, 0.29) is 48.9 Å². The molecular formula is C41H56FN7O8S. The van der Waals surface area contributed by atoms with Crippen LogP contribution in [-0.4, -0.2) is 127 Å². The SMILES string of the molecule is CC[C@@H]1C[C@H](C)CC/C=C\C2CC2(C(=O)NS(=O)(=O)C2(C)CC2)NC(=O)[C@@H]2C[C@@H](Oc3nccc4cc(OC)c(F)cc34)CN2C(=O)[C@H]1NC(=O)N1CCN(C)CC1. The Morgan fingerprint density at radius 3 is 2.55 bits per heavy atom. The number of pyridine rings is 1. The number of carbonyl (C=O) groups excluding carboxylic acids is 4. The number of ether oxygens (including phenoxy) is 2. The molecule has 0 bridgehead atoms. The zero-order valence-electron chi connectivity index (χ0n) is 34.0. The third kappa shape index (κ3) is 8.34. The van der Waals surface area contributed by atoms with Crippen LogP contribution in [0.1, 0.15) is 72.1 Å². The van der Waals surface area contributed by atoms with Crippen molar-refractivity contribution in [3.63, 3.8) is 0 Å². The van der Waals surface area contributed by atoms with E-state index in [1.165, 1.54) is 30.3 Å². The molecule has 2 aromatic rings. The van der Waals surface area contributed by atoms with Crippen LogP contribution in [-0.2, 0) is 24.4 Å². The van der Waals surface area contributed by atoms with Gasteiger partial charge in [0.25, 0.3) is 5.91 Å². The van der Waals surface area contributed by atoms with Gasteiger partial charge in [0.15, 0.2) is 11.6 Å². The van der Waals surface area contributed by atoms with Crippen molar-refractivity contribution in [3.8, 4) is 11.6 Å². The standard InChI is InChI=1S/C41H56FN7O8S/c1-6-26-19-25(2)9-7-8-10-28-23-41(28,38(52)46-58(54,55)40(3)12-13-40)45-35(50)32-21-29(57-36-30-22-31(42)33(56-5)20-27(30)11-14-43-36)24-49(32)37(51)34(26)44-39(53)48-17-15-47(4)16-18-48/h8,10-11,14,20,22,25-26,28-29,32,34H,6-7,9,12-13,15-19,21,23-24H2,1-5H3,(H,44,53)(H,45,50)(H,46,52)/b10-8-/t25-,26-,28?,29-,32+,34+,41?/m1/s1. The highest BCUT2D eigenvalue weighted by Crippen LogP contribution is 2.47. The molecule has 2 aliphatic carbocycles. The minimum atomic E-state index is -4.02. The van der Waals surface area contributed by atoms with Crippen LogP contribution in [0.5, 0.6) is 11.6 Å². The molecule has 4 fully saturated rings. The van der Waals surface area contributed by atoms with Crippen molar-refractivity contribution < 1.29 is 41.5 Å². The van der Waals surface area contributed by atoms with Gasteiger partial charge in [0, 0.05) is 50.1 Å². The Hall–Kier alpha value is -4.51. The fraction of sp³-hybridized carbons (Fsp3) is 0.634. The smallest absolute Gasteiger partial charge is 0.318 e. The van der Waals surface area contributed by atoms with Gasteiger partial charge in [-0.1, -0.05) is 32.4 Å². The summed E-state index contributed by atoms with van der Waals surface area (Å²) in [4.78, 5) is 67.2. The maximum Gasteiger partial charge on any atom is 0.318 e. The molecule has 58 heavy (non-hydrogen) atoms. The van der Waals surface area contributed by atoms with Gasteiger partial charge in [0.1, 0.15) is 23.7 Å². The van der Waals surface area contributed by atoms with Gasteiger partial charge < -0.3 is 34.8 Å². The predicted molar refractivity (Wildman–Crippen MR) is 214 cm³/mol. The molecule has 7 rings (SSSR count). The summed E-state index contributed by atoms with van der Waals surface area (Å²) in [5.74, 6) is -2.97. The molecule has 0 radical (unpaired) electrons. The van der Waals surface area contributed by atoms with E-state index in [9.17, 15) is 27.2 Å². The molecule has 3 aliphatic heterocycles. The summed E-state index contributed by atoms with van der Waals surface area (Å²) < 4.78 is 54.2. The van der Waals surface area contributed by atoms with E-state index in [4.69, 9.17) is 9.47 Å². The third-order valence-corrected chi connectivity index (χ3v) is 15.1. The zero-order chi connectivity index (χ0) is 41.6. The molecular weight excluding hydrogens is 770 g/mol. The number of hydrogen-bond acceptors (Lipinski definition) is 10. The maximum atomic E-state index is 15.1. The Morgan fingerprint density at radius 2 is 1.86 bits per heavy atom. The normalized spacial score (nSPS) is 30.9. The van der Waals surface area contributed by atoms with E-state index in [1.54, 1.807) is 17.9 Å². The van der Waals surface area contributed by atoms with Crippen LogP contribution in [0.25, 0.3) is 10.8 Å². The monoisotopic (exact) mass is 825 g/mol. The number of likely N-dealkylation sites (N-methyl/N-ethyl adjacent to an activating group) is 1. The molecule has 5 amide bonds. The first-order valence-corrected chi connectivity index (χ1v) is 21.9. The Bertz CT molecular complexity index is 2070. The van der Waals surface area contributed by atoms with E-state index in [0.29, 0.717) is 69.1 Å². The number of nitrogens with one attached hydrogen (secondary N) is 3. The number of urea groups is 1. The molecule has 4 heterocycles. The quantitative estimate of drug-likeness (QED) is 0.335. The van der Waals surface area contributed by atoms with Crippen molar-refractivity contribution in [2.75, 3.05) is 46.9 Å². The van der Waals surface area contributed by atoms with Gasteiger partial charge in [-0.05, 0) is 87.9 Å². The molecule has 1 aromatic heterocycles. The molecule has 316 valence electrons. The highest BCUT2D eigenvalue weighted by atomic mass is 32.2. The molecule has 17 heteroatoms. The lowest BCUT2D eigenvalue weighted by Crippen LogP contribution is -2.61. The van der Waals surface area contributed by atoms with E-state index in [1.807, 2.05) is 26.1 Å². The summed E-state index contributed by atoms with van der Waals surface area (Å²) in [6.07, 6.45) is 8.23. The molecule has 2 unspecified atom stereocenters. The highest BCUT2D eigenvalue weighted by Gasteiger charge is 2.63. The van der Waals surface area contributed by atoms with Crippen LogP contribution < -0.4 is 24.8 Å². The third-order valence-electron chi connectivity index (χ3n) is 13.0. The summed E-state index contributed by atoms with van der Waals surface area (Å²) in [5.41, 5.74) is -1.56. The largest absolute Gasteiger partial charge is 0.494 e. The van der Waals surface area contributed by atoms with Crippen LogP contribution in [0.2, 0.25) is 0 Å². The molecule has 15 nitrogen and oxygen atoms in total. The first-order valence-electron chi connectivity index (χ1n) is 20.5. The van der Waals surface area contributed by atoms with E-state index < -0.39 is 68.0 Å². The summed E-state index contributed by atoms with van der Waals surface area (Å²) in [7, 11) is -0.660. The number of sulfonamides is 1. The average Bonchev–Trinajstić information content (AvgIpc) is 4.07. The van der Waals surface area contributed by atoms with E-state index >= 15 is 4.79 Å². The summed E-state index contributed by atoms with van der Waals surface area (Å²) in [5, 5.41) is 6.96. The Balaban J connectivity index is 1.23. The van der Waals surface area contributed by atoms with E-state index in [2.05, 4.69) is 32.2 Å². The summed E-state index contributed by atoms with van der Waals surface area (Å²) in [6.45, 7) is 7.99. The van der Waals surface area contributed by atoms with Gasteiger partial charge >= 0.3 is 6.03 Å².